The first kappa shape index (κ1) is 12.2. The standard InChI is InChI=1S/C14H13N5O/c1-19-8-13(15-9-19)14(20)17-11-4-2-3-10(7-11)12-5-6-16-18-12/h2-9H,1H3,(H,16,18)(H,17,20). The van der Waals surface area contributed by atoms with Crippen molar-refractivity contribution in [3.05, 3.63) is 54.7 Å². The third-order valence-electron chi connectivity index (χ3n) is 2.87. The Morgan fingerprint density at radius 1 is 1.35 bits per heavy atom. The van der Waals surface area contributed by atoms with Crippen molar-refractivity contribution in [3.8, 4) is 11.3 Å². The minimum atomic E-state index is -0.229. The number of aryl methyl sites for hydroxylation is 1. The molecule has 0 radical (unpaired) electrons. The Kier molecular flexibility index (Phi) is 3.04. The number of anilines is 1. The number of nitrogens with zero attached hydrogens (tertiary/aromatic N) is 3. The summed E-state index contributed by atoms with van der Waals surface area (Å²) in [6.07, 6.45) is 4.96. The number of benzene rings is 1. The molecule has 1 amide bonds. The third-order valence-corrected chi connectivity index (χ3v) is 2.87. The number of hydrogen-bond acceptors (Lipinski definition) is 3. The second-order valence-electron chi connectivity index (χ2n) is 4.43. The molecule has 1 aromatic carbocycles. The van der Waals surface area contributed by atoms with E-state index in [9.17, 15) is 4.79 Å². The van der Waals surface area contributed by atoms with E-state index in [0.717, 1.165) is 11.3 Å². The fraction of sp³-hybridized carbons (Fsp3) is 0.0714. The summed E-state index contributed by atoms with van der Waals surface area (Å²) in [7, 11) is 1.82. The zero-order chi connectivity index (χ0) is 13.9. The monoisotopic (exact) mass is 267 g/mol. The molecule has 6 nitrogen and oxygen atoms in total. The van der Waals surface area contributed by atoms with Crippen LogP contribution < -0.4 is 5.32 Å². The highest BCUT2D eigenvalue weighted by Gasteiger charge is 2.09. The molecule has 0 fully saturated rings. The summed E-state index contributed by atoms with van der Waals surface area (Å²) in [4.78, 5) is 16.0. The predicted octanol–water partition coefficient (Wildman–Crippen LogP) is 2.06. The Balaban J connectivity index is 1.81. The number of hydrogen-bond donors (Lipinski definition) is 2. The molecule has 0 saturated carbocycles. The van der Waals surface area contributed by atoms with E-state index < -0.39 is 0 Å². The Labute approximate surface area is 115 Å². The van der Waals surface area contributed by atoms with Gasteiger partial charge >= 0.3 is 0 Å². The van der Waals surface area contributed by atoms with Gasteiger partial charge in [-0.15, -0.1) is 0 Å². The molecule has 0 aliphatic carbocycles. The van der Waals surface area contributed by atoms with Gasteiger partial charge in [-0.2, -0.15) is 5.10 Å². The molecule has 3 aromatic rings. The summed E-state index contributed by atoms with van der Waals surface area (Å²) in [5.74, 6) is -0.229. The molecule has 2 N–H and O–H groups in total. The fourth-order valence-corrected chi connectivity index (χ4v) is 1.91. The first-order chi connectivity index (χ1) is 9.72. The van der Waals surface area contributed by atoms with E-state index in [0.29, 0.717) is 11.4 Å². The van der Waals surface area contributed by atoms with Crippen molar-refractivity contribution in [3.63, 3.8) is 0 Å². The van der Waals surface area contributed by atoms with Gasteiger partial charge in [0.25, 0.3) is 5.91 Å². The normalized spacial score (nSPS) is 10.4. The number of imidazole rings is 1. The molecule has 0 unspecified atom stereocenters. The van der Waals surface area contributed by atoms with Crippen molar-refractivity contribution in [2.24, 2.45) is 7.05 Å². The Bertz CT molecular complexity index is 730. The number of H-pyrrole nitrogens is 1. The number of carbonyl (C=O) groups excluding carboxylic acids is 1. The van der Waals surface area contributed by atoms with E-state index in [1.807, 2.05) is 37.4 Å². The van der Waals surface area contributed by atoms with E-state index in [-0.39, 0.29) is 5.91 Å². The summed E-state index contributed by atoms with van der Waals surface area (Å²) < 4.78 is 1.73. The van der Waals surface area contributed by atoms with Crippen molar-refractivity contribution >= 4 is 11.6 Å². The van der Waals surface area contributed by atoms with Gasteiger partial charge in [0.1, 0.15) is 5.69 Å². The molecular weight excluding hydrogens is 254 g/mol. The molecule has 6 heteroatoms. The largest absolute Gasteiger partial charge is 0.340 e. The van der Waals surface area contributed by atoms with E-state index >= 15 is 0 Å². The van der Waals surface area contributed by atoms with Gasteiger partial charge in [0.2, 0.25) is 0 Å². The summed E-state index contributed by atoms with van der Waals surface area (Å²) in [5.41, 5.74) is 2.97. The van der Waals surface area contributed by atoms with Crippen LogP contribution in [-0.2, 0) is 7.05 Å². The van der Waals surface area contributed by atoms with Crippen LogP contribution in [0.25, 0.3) is 11.3 Å². The number of aromatic amines is 1. The topological polar surface area (TPSA) is 75.6 Å². The molecule has 20 heavy (non-hydrogen) atoms. The molecule has 3 rings (SSSR count). The highest BCUT2D eigenvalue weighted by molar-refractivity contribution is 6.03. The van der Waals surface area contributed by atoms with Crippen LogP contribution in [-0.4, -0.2) is 25.7 Å². The van der Waals surface area contributed by atoms with Gasteiger partial charge in [-0.05, 0) is 18.2 Å². The molecule has 0 aliphatic heterocycles. The maximum atomic E-state index is 12.0. The van der Waals surface area contributed by atoms with Crippen molar-refractivity contribution in [2.75, 3.05) is 5.32 Å². The average Bonchev–Trinajstić information content (AvgIpc) is 3.10. The summed E-state index contributed by atoms with van der Waals surface area (Å²) in [5, 5.41) is 9.63. The van der Waals surface area contributed by atoms with Crippen LogP contribution in [0.5, 0.6) is 0 Å². The Morgan fingerprint density at radius 3 is 2.95 bits per heavy atom. The molecule has 100 valence electrons. The van der Waals surface area contributed by atoms with E-state index in [1.165, 1.54) is 0 Å². The van der Waals surface area contributed by atoms with Gasteiger partial charge in [-0.1, -0.05) is 12.1 Å². The maximum Gasteiger partial charge on any atom is 0.275 e. The second-order valence-corrected chi connectivity index (χ2v) is 4.43. The highest BCUT2D eigenvalue weighted by atomic mass is 16.1. The molecule has 0 saturated heterocycles. The number of carbonyl (C=O) groups is 1. The summed E-state index contributed by atoms with van der Waals surface area (Å²) in [6, 6.07) is 9.42. The minimum Gasteiger partial charge on any atom is -0.340 e. The molecule has 2 aromatic heterocycles. The van der Waals surface area contributed by atoms with Crippen LogP contribution in [0.4, 0.5) is 5.69 Å². The van der Waals surface area contributed by atoms with Crippen molar-refractivity contribution in [1.29, 1.82) is 0 Å². The first-order valence-electron chi connectivity index (χ1n) is 6.11. The zero-order valence-electron chi connectivity index (χ0n) is 10.9. The van der Waals surface area contributed by atoms with Crippen LogP contribution in [0.1, 0.15) is 10.5 Å². The van der Waals surface area contributed by atoms with Gasteiger partial charge < -0.3 is 9.88 Å². The van der Waals surface area contributed by atoms with Crippen molar-refractivity contribution in [1.82, 2.24) is 19.7 Å². The summed E-state index contributed by atoms with van der Waals surface area (Å²) >= 11 is 0. The van der Waals surface area contributed by atoms with E-state index in [1.54, 1.807) is 23.3 Å². The van der Waals surface area contributed by atoms with Crippen LogP contribution >= 0.6 is 0 Å². The van der Waals surface area contributed by atoms with Gasteiger partial charge in [0, 0.05) is 30.7 Å². The lowest BCUT2D eigenvalue weighted by Crippen LogP contribution is -2.12. The van der Waals surface area contributed by atoms with Crippen molar-refractivity contribution < 1.29 is 4.79 Å². The molecular formula is C14H13N5O. The SMILES string of the molecule is Cn1cnc(C(=O)Nc2cccc(-c3ccn[nH]3)c2)c1. The highest BCUT2D eigenvalue weighted by Crippen LogP contribution is 2.20. The van der Waals surface area contributed by atoms with Crippen LogP contribution in [0, 0.1) is 0 Å². The quantitative estimate of drug-likeness (QED) is 0.762. The maximum absolute atomic E-state index is 12.0. The molecule has 0 spiro atoms. The summed E-state index contributed by atoms with van der Waals surface area (Å²) in [6.45, 7) is 0. The van der Waals surface area contributed by atoms with Crippen LogP contribution in [0.3, 0.4) is 0 Å². The molecule has 2 heterocycles. The second kappa shape index (κ2) is 5.00. The number of rotatable bonds is 3. The van der Waals surface area contributed by atoms with Gasteiger partial charge in [-0.25, -0.2) is 4.98 Å². The first-order valence-corrected chi connectivity index (χ1v) is 6.11. The smallest absolute Gasteiger partial charge is 0.275 e. The number of aromatic nitrogens is 4. The number of amides is 1. The molecule has 0 aliphatic rings. The fourth-order valence-electron chi connectivity index (χ4n) is 1.91. The Morgan fingerprint density at radius 2 is 2.25 bits per heavy atom. The van der Waals surface area contributed by atoms with Crippen molar-refractivity contribution in [2.45, 2.75) is 0 Å². The van der Waals surface area contributed by atoms with Gasteiger partial charge in [0.15, 0.2) is 0 Å². The van der Waals surface area contributed by atoms with Gasteiger partial charge in [-0.3, -0.25) is 9.89 Å². The number of nitrogens with one attached hydrogen (secondary N) is 2. The van der Waals surface area contributed by atoms with Gasteiger partial charge in [0.05, 0.1) is 12.0 Å². The molecule has 0 atom stereocenters. The van der Waals surface area contributed by atoms with E-state index in [4.69, 9.17) is 0 Å². The minimum absolute atomic E-state index is 0.229. The Hall–Kier alpha value is -2.89. The lowest BCUT2D eigenvalue weighted by molar-refractivity contribution is 0.102. The molecule has 0 bridgehead atoms. The predicted molar refractivity (Wildman–Crippen MR) is 75.2 cm³/mol. The van der Waals surface area contributed by atoms with E-state index in [2.05, 4.69) is 20.5 Å². The average molecular weight is 267 g/mol. The third kappa shape index (κ3) is 2.44. The lowest BCUT2D eigenvalue weighted by atomic mass is 10.1. The zero-order valence-corrected chi connectivity index (χ0v) is 10.9. The van der Waals surface area contributed by atoms with Crippen LogP contribution in [0.2, 0.25) is 0 Å². The van der Waals surface area contributed by atoms with Crippen LogP contribution in [0.15, 0.2) is 49.1 Å². The lowest BCUT2D eigenvalue weighted by Gasteiger charge is -2.05.